The lowest BCUT2D eigenvalue weighted by atomic mass is 10.1. The van der Waals surface area contributed by atoms with Crippen LogP contribution in [0.25, 0.3) is 0 Å². The zero-order valence-corrected chi connectivity index (χ0v) is 12.8. The average molecular weight is 298 g/mol. The Balaban J connectivity index is 2.19. The van der Waals surface area contributed by atoms with Crippen molar-refractivity contribution in [2.45, 2.75) is 30.3 Å². The van der Waals surface area contributed by atoms with Gasteiger partial charge in [-0.25, -0.2) is 8.42 Å². The molecule has 7 heteroatoms. The highest BCUT2D eigenvalue weighted by Crippen LogP contribution is 2.21. The monoisotopic (exact) mass is 298 g/mol. The first-order chi connectivity index (χ1) is 9.45. The Morgan fingerprint density at radius 2 is 2.25 bits per heavy atom. The lowest BCUT2D eigenvalue weighted by Crippen LogP contribution is -2.47. The molecule has 1 unspecified atom stereocenters. The Kier molecular flexibility index (Phi) is 4.74. The number of sulfonamides is 1. The highest BCUT2D eigenvalue weighted by Gasteiger charge is 2.30. The summed E-state index contributed by atoms with van der Waals surface area (Å²) in [6.45, 7) is 2.10. The molecule has 1 saturated heterocycles. The van der Waals surface area contributed by atoms with Crippen molar-refractivity contribution in [3.05, 3.63) is 24.0 Å². The van der Waals surface area contributed by atoms with Crippen LogP contribution in [0.3, 0.4) is 0 Å². The molecule has 0 amide bonds. The van der Waals surface area contributed by atoms with Crippen molar-refractivity contribution in [3.63, 3.8) is 0 Å². The van der Waals surface area contributed by atoms with Gasteiger partial charge in [0, 0.05) is 32.4 Å². The summed E-state index contributed by atoms with van der Waals surface area (Å²) in [6, 6.07) is 3.26. The molecule has 2 N–H and O–H groups in total. The second-order valence-corrected chi connectivity index (χ2v) is 7.27. The van der Waals surface area contributed by atoms with Gasteiger partial charge in [0.2, 0.25) is 10.0 Å². The largest absolute Gasteiger partial charge is 0.325 e. The number of piperidine rings is 1. The third kappa shape index (κ3) is 3.17. The van der Waals surface area contributed by atoms with Gasteiger partial charge in [-0.1, -0.05) is 0 Å². The molecule has 2 rings (SSSR count). The van der Waals surface area contributed by atoms with Crippen LogP contribution in [0.15, 0.2) is 23.2 Å². The number of hydrogen-bond acceptors (Lipinski definition) is 5. The zero-order chi connectivity index (χ0) is 14.8. The van der Waals surface area contributed by atoms with E-state index in [1.54, 1.807) is 19.2 Å². The highest BCUT2D eigenvalue weighted by atomic mass is 32.2. The van der Waals surface area contributed by atoms with Gasteiger partial charge in [-0.2, -0.15) is 4.31 Å². The molecule has 1 aliphatic heterocycles. The van der Waals surface area contributed by atoms with Crippen LogP contribution in [0.1, 0.15) is 18.5 Å². The lowest BCUT2D eigenvalue weighted by molar-refractivity contribution is 0.187. The number of nitrogens with zero attached hydrogens (tertiary/aromatic N) is 3. The summed E-state index contributed by atoms with van der Waals surface area (Å²) < 4.78 is 26.6. The maximum atomic E-state index is 12.6. The molecule has 20 heavy (non-hydrogen) atoms. The van der Waals surface area contributed by atoms with Gasteiger partial charge in [0.1, 0.15) is 4.90 Å². The standard InChI is InChI=1S/C13H22N4O2S/c1-16-7-3-4-12(10-16)17(2)20(18,19)13-6-5-11(8-14)15-9-13/h5-6,9,12H,3-4,7-8,10,14H2,1-2H3. The number of pyridine rings is 1. The van der Waals surface area contributed by atoms with E-state index in [2.05, 4.69) is 9.88 Å². The summed E-state index contributed by atoms with van der Waals surface area (Å²) in [5.74, 6) is 0. The SMILES string of the molecule is CN1CCCC(N(C)S(=O)(=O)c2ccc(CN)nc2)C1. The fourth-order valence-electron chi connectivity index (χ4n) is 2.48. The summed E-state index contributed by atoms with van der Waals surface area (Å²) >= 11 is 0. The van der Waals surface area contributed by atoms with Gasteiger partial charge in [-0.05, 0) is 38.6 Å². The number of likely N-dealkylation sites (tertiary alicyclic amines) is 1. The highest BCUT2D eigenvalue weighted by molar-refractivity contribution is 7.89. The predicted molar refractivity (Wildman–Crippen MR) is 77.6 cm³/mol. The Labute approximate surface area is 120 Å². The van der Waals surface area contributed by atoms with Crippen molar-refractivity contribution in [1.82, 2.24) is 14.2 Å². The van der Waals surface area contributed by atoms with Crippen LogP contribution in [0, 0.1) is 0 Å². The van der Waals surface area contributed by atoms with E-state index in [0.717, 1.165) is 25.9 Å². The maximum Gasteiger partial charge on any atom is 0.244 e. The molecule has 1 atom stereocenters. The van der Waals surface area contributed by atoms with Crippen molar-refractivity contribution in [2.75, 3.05) is 27.2 Å². The van der Waals surface area contributed by atoms with E-state index in [1.807, 2.05) is 7.05 Å². The average Bonchev–Trinajstić information content (AvgIpc) is 2.46. The fourth-order valence-corrected chi connectivity index (χ4v) is 3.81. The number of likely N-dealkylation sites (N-methyl/N-ethyl adjacent to an activating group) is 2. The molecule has 0 radical (unpaired) electrons. The maximum absolute atomic E-state index is 12.6. The molecule has 1 aliphatic rings. The smallest absolute Gasteiger partial charge is 0.244 e. The van der Waals surface area contributed by atoms with Gasteiger partial charge in [0.15, 0.2) is 0 Å². The molecule has 6 nitrogen and oxygen atoms in total. The summed E-state index contributed by atoms with van der Waals surface area (Å²) in [5.41, 5.74) is 6.16. The molecule has 2 heterocycles. The Morgan fingerprint density at radius 1 is 1.50 bits per heavy atom. The van der Waals surface area contributed by atoms with E-state index in [1.165, 1.54) is 10.5 Å². The normalized spacial score (nSPS) is 21.3. The fraction of sp³-hybridized carbons (Fsp3) is 0.615. The van der Waals surface area contributed by atoms with Crippen LogP contribution in [0.2, 0.25) is 0 Å². The minimum atomic E-state index is -3.48. The van der Waals surface area contributed by atoms with Crippen LogP contribution in [-0.2, 0) is 16.6 Å². The first-order valence-corrected chi connectivity index (χ1v) is 8.20. The molecule has 0 aliphatic carbocycles. The van der Waals surface area contributed by atoms with E-state index in [0.29, 0.717) is 12.2 Å². The number of hydrogen-bond donors (Lipinski definition) is 1. The molecule has 0 bridgehead atoms. The quantitative estimate of drug-likeness (QED) is 0.862. The van der Waals surface area contributed by atoms with E-state index in [4.69, 9.17) is 5.73 Å². The van der Waals surface area contributed by atoms with Crippen molar-refractivity contribution in [1.29, 1.82) is 0 Å². The van der Waals surface area contributed by atoms with Gasteiger partial charge in [0.05, 0.1) is 5.69 Å². The third-order valence-electron chi connectivity index (χ3n) is 3.80. The van der Waals surface area contributed by atoms with E-state index in [-0.39, 0.29) is 10.9 Å². The molecular weight excluding hydrogens is 276 g/mol. The first-order valence-electron chi connectivity index (χ1n) is 6.76. The van der Waals surface area contributed by atoms with Crippen LogP contribution < -0.4 is 5.73 Å². The summed E-state index contributed by atoms with van der Waals surface area (Å²) in [4.78, 5) is 6.45. The molecular formula is C13H22N4O2S. The van der Waals surface area contributed by atoms with Crippen molar-refractivity contribution in [2.24, 2.45) is 5.73 Å². The number of aromatic nitrogens is 1. The van der Waals surface area contributed by atoms with Gasteiger partial charge in [0.25, 0.3) is 0 Å². The number of nitrogens with two attached hydrogens (primary N) is 1. The van der Waals surface area contributed by atoms with Crippen molar-refractivity contribution < 1.29 is 8.42 Å². The minimum Gasteiger partial charge on any atom is -0.325 e. The summed E-state index contributed by atoms with van der Waals surface area (Å²) in [6.07, 6.45) is 3.31. The van der Waals surface area contributed by atoms with Gasteiger partial charge in [-0.15, -0.1) is 0 Å². The molecule has 112 valence electrons. The number of rotatable bonds is 4. The van der Waals surface area contributed by atoms with Crippen LogP contribution in [0.4, 0.5) is 0 Å². The third-order valence-corrected chi connectivity index (χ3v) is 5.69. The van der Waals surface area contributed by atoms with Gasteiger partial charge >= 0.3 is 0 Å². The summed E-state index contributed by atoms with van der Waals surface area (Å²) in [5, 5.41) is 0. The molecule has 0 spiro atoms. The van der Waals surface area contributed by atoms with Crippen LogP contribution in [0.5, 0.6) is 0 Å². The summed E-state index contributed by atoms with van der Waals surface area (Å²) in [7, 11) is 0.183. The second-order valence-electron chi connectivity index (χ2n) is 5.27. The molecule has 1 aromatic rings. The zero-order valence-electron chi connectivity index (χ0n) is 12.0. The first kappa shape index (κ1) is 15.4. The molecule has 0 saturated carbocycles. The molecule has 0 aromatic carbocycles. The van der Waals surface area contributed by atoms with E-state index >= 15 is 0 Å². The second kappa shape index (κ2) is 6.17. The molecule has 1 fully saturated rings. The van der Waals surface area contributed by atoms with Crippen molar-refractivity contribution >= 4 is 10.0 Å². The van der Waals surface area contributed by atoms with Gasteiger partial charge in [-0.3, -0.25) is 4.98 Å². The van der Waals surface area contributed by atoms with Crippen LogP contribution >= 0.6 is 0 Å². The Hall–Kier alpha value is -1.02. The Bertz CT molecular complexity index is 544. The van der Waals surface area contributed by atoms with Crippen LogP contribution in [-0.4, -0.2) is 55.8 Å². The van der Waals surface area contributed by atoms with Crippen molar-refractivity contribution in [3.8, 4) is 0 Å². The van der Waals surface area contributed by atoms with E-state index in [9.17, 15) is 8.42 Å². The molecule has 1 aromatic heterocycles. The lowest BCUT2D eigenvalue weighted by Gasteiger charge is -2.35. The van der Waals surface area contributed by atoms with Gasteiger partial charge < -0.3 is 10.6 Å². The topological polar surface area (TPSA) is 79.5 Å². The Morgan fingerprint density at radius 3 is 2.80 bits per heavy atom. The van der Waals surface area contributed by atoms with E-state index < -0.39 is 10.0 Å². The minimum absolute atomic E-state index is 0.0212. The predicted octanol–water partition coefficient (Wildman–Crippen LogP) is 0.255.